The van der Waals surface area contributed by atoms with E-state index in [2.05, 4.69) is 39.2 Å². The molecule has 2 atom stereocenters. The summed E-state index contributed by atoms with van der Waals surface area (Å²) in [6.07, 6.45) is 5.60. The lowest BCUT2D eigenvalue weighted by Crippen LogP contribution is -2.47. The van der Waals surface area contributed by atoms with E-state index in [1.807, 2.05) is 12.1 Å². The minimum atomic E-state index is 0.291. The van der Waals surface area contributed by atoms with Crippen LogP contribution in [-0.2, 0) is 24.1 Å². The lowest BCUT2D eigenvalue weighted by atomic mass is 10.1. The third kappa shape index (κ3) is 5.38. The topological polar surface area (TPSA) is 89.5 Å². The fourth-order valence-corrected chi connectivity index (χ4v) is 3.74. The number of aromatic nitrogens is 3. The summed E-state index contributed by atoms with van der Waals surface area (Å²) in [5.41, 5.74) is 0. The molecule has 8 heteroatoms. The highest BCUT2D eigenvalue weighted by Crippen LogP contribution is 2.17. The highest BCUT2D eigenvalue weighted by atomic mass is 16.5. The number of hydrogen-bond acceptors (Lipinski definition) is 5. The van der Waals surface area contributed by atoms with Gasteiger partial charge < -0.3 is 19.8 Å². The van der Waals surface area contributed by atoms with Crippen molar-refractivity contribution in [2.75, 3.05) is 26.3 Å². The van der Waals surface area contributed by atoms with Crippen LogP contribution in [-0.4, -0.2) is 53.1 Å². The molecular formula is C21H32N6O2. The first kappa shape index (κ1) is 19.9. The average Bonchev–Trinajstić information content (AvgIpc) is 3.46. The summed E-state index contributed by atoms with van der Waals surface area (Å²) in [7, 11) is 0. The largest absolute Gasteiger partial charge is 0.469 e. The van der Waals surface area contributed by atoms with Crippen LogP contribution in [0.4, 0.5) is 0 Å². The number of aliphatic imine (C=N–C) groups is 1. The molecular weight excluding hydrogens is 368 g/mol. The third-order valence-electron chi connectivity index (χ3n) is 5.51. The van der Waals surface area contributed by atoms with Gasteiger partial charge in [-0.15, -0.1) is 0 Å². The van der Waals surface area contributed by atoms with Gasteiger partial charge in [0, 0.05) is 50.4 Å². The molecule has 0 spiro atoms. The Morgan fingerprint density at radius 1 is 1.38 bits per heavy atom. The van der Waals surface area contributed by atoms with Crippen LogP contribution in [0.1, 0.15) is 50.0 Å². The number of rotatable bonds is 7. The molecule has 4 rings (SSSR count). The third-order valence-corrected chi connectivity index (χ3v) is 5.51. The fourth-order valence-electron chi connectivity index (χ4n) is 3.74. The van der Waals surface area contributed by atoms with Crippen molar-refractivity contribution in [1.29, 1.82) is 0 Å². The van der Waals surface area contributed by atoms with Gasteiger partial charge in [0.25, 0.3) is 0 Å². The van der Waals surface area contributed by atoms with Gasteiger partial charge >= 0.3 is 0 Å². The van der Waals surface area contributed by atoms with Gasteiger partial charge in [-0.1, -0.05) is 13.8 Å². The number of nitrogens with zero attached hydrogens (tertiary/aromatic N) is 4. The van der Waals surface area contributed by atoms with Gasteiger partial charge in [0.05, 0.1) is 19.4 Å². The van der Waals surface area contributed by atoms with Crippen molar-refractivity contribution in [3.8, 4) is 0 Å². The maximum absolute atomic E-state index is 5.49. The van der Waals surface area contributed by atoms with E-state index in [1.165, 1.54) is 0 Å². The smallest absolute Gasteiger partial charge is 0.191 e. The van der Waals surface area contributed by atoms with Gasteiger partial charge in [0.2, 0.25) is 0 Å². The number of furan rings is 1. The highest BCUT2D eigenvalue weighted by Gasteiger charge is 2.23. The van der Waals surface area contributed by atoms with E-state index in [0.717, 1.165) is 81.9 Å². The van der Waals surface area contributed by atoms with Crippen LogP contribution in [0.2, 0.25) is 0 Å². The number of hydrogen-bond donors (Lipinski definition) is 2. The number of ether oxygens (including phenoxy) is 1. The Kier molecular flexibility index (Phi) is 6.49. The molecule has 2 aromatic rings. The molecule has 0 amide bonds. The van der Waals surface area contributed by atoms with E-state index in [-0.39, 0.29) is 0 Å². The molecule has 0 saturated carbocycles. The normalized spacial score (nSPS) is 22.1. The SMILES string of the molecule is CC(C)c1nc2n(n1)CC(NC(=NCC1CCOC1)NCCc1ccco1)CC2. The van der Waals surface area contributed by atoms with Crippen LogP contribution >= 0.6 is 0 Å². The molecule has 158 valence electrons. The number of fused-ring (bicyclic) bond motifs is 1. The first-order valence-electron chi connectivity index (χ1n) is 10.8. The summed E-state index contributed by atoms with van der Waals surface area (Å²) < 4.78 is 13.0. The fraction of sp³-hybridized carbons (Fsp3) is 0.667. The summed E-state index contributed by atoms with van der Waals surface area (Å²) in [5, 5.41) is 11.8. The van der Waals surface area contributed by atoms with E-state index in [1.54, 1.807) is 6.26 Å². The second-order valence-electron chi connectivity index (χ2n) is 8.28. The van der Waals surface area contributed by atoms with Crippen LogP contribution in [0.5, 0.6) is 0 Å². The van der Waals surface area contributed by atoms with Crippen LogP contribution in [0.25, 0.3) is 0 Å². The van der Waals surface area contributed by atoms with Crippen molar-refractivity contribution in [3.63, 3.8) is 0 Å². The van der Waals surface area contributed by atoms with Gasteiger partial charge in [-0.25, -0.2) is 9.67 Å². The van der Waals surface area contributed by atoms with E-state index in [0.29, 0.717) is 17.9 Å². The van der Waals surface area contributed by atoms with Crippen molar-refractivity contribution in [1.82, 2.24) is 25.4 Å². The molecule has 2 N–H and O–H groups in total. The van der Waals surface area contributed by atoms with Gasteiger partial charge in [-0.2, -0.15) is 5.10 Å². The lowest BCUT2D eigenvalue weighted by molar-refractivity contribution is 0.187. The zero-order chi connectivity index (χ0) is 20.1. The quantitative estimate of drug-likeness (QED) is 0.547. The summed E-state index contributed by atoms with van der Waals surface area (Å²) >= 11 is 0. The predicted octanol–water partition coefficient (Wildman–Crippen LogP) is 2.12. The van der Waals surface area contributed by atoms with Gasteiger partial charge in [-0.05, 0) is 25.0 Å². The second-order valence-corrected chi connectivity index (χ2v) is 8.28. The molecule has 2 aromatic heterocycles. The Morgan fingerprint density at radius 3 is 3.07 bits per heavy atom. The predicted molar refractivity (Wildman–Crippen MR) is 111 cm³/mol. The number of nitrogens with one attached hydrogen (secondary N) is 2. The lowest BCUT2D eigenvalue weighted by Gasteiger charge is -2.25. The Labute approximate surface area is 172 Å². The summed E-state index contributed by atoms with van der Waals surface area (Å²) in [5.74, 6) is 4.74. The zero-order valence-electron chi connectivity index (χ0n) is 17.4. The number of guanidine groups is 1. The number of aryl methyl sites for hydroxylation is 1. The minimum Gasteiger partial charge on any atom is -0.469 e. The Bertz CT molecular complexity index is 792. The molecule has 2 unspecified atom stereocenters. The average molecular weight is 401 g/mol. The highest BCUT2D eigenvalue weighted by molar-refractivity contribution is 5.80. The van der Waals surface area contributed by atoms with Gasteiger partial charge in [-0.3, -0.25) is 4.99 Å². The molecule has 0 aliphatic carbocycles. The Hall–Kier alpha value is -2.35. The maximum atomic E-state index is 5.49. The molecule has 1 fully saturated rings. The van der Waals surface area contributed by atoms with E-state index in [9.17, 15) is 0 Å². The molecule has 29 heavy (non-hydrogen) atoms. The van der Waals surface area contributed by atoms with Gasteiger partial charge in [0.1, 0.15) is 11.6 Å². The first-order chi connectivity index (χ1) is 14.2. The van der Waals surface area contributed by atoms with Crippen LogP contribution in [0, 0.1) is 5.92 Å². The molecule has 0 bridgehead atoms. The maximum Gasteiger partial charge on any atom is 0.191 e. The monoisotopic (exact) mass is 400 g/mol. The van der Waals surface area contributed by atoms with Crippen molar-refractivity contribution in [2.45, 2.75) is 58.0 Å². The van der Waals surface area contributed by atoms with Crippen molar-refractivity contribution in [2.24, 2.45) is 10.9 Å². The summed E-state index contributed by atoms with van der Waals surface area (Å²) in [6.45, 7) is 8.32. The van der Waals surface area contributed by atoms with E-state index >= 15 is 0 Å². The molecule has 2 aliphatic rings. The minimum absolute atomic E-state index is 0.291. The van der Waals surface area contributed by atoms with E-state index < -0.39 is 0 Å². The molecule has 1 saturated heterocycles. The second kappa shape index (κ2) is 9.43. The Morgan fingerprint density at radius 2 is 2.31 bits per heavy atom. The molecule has 8 nitrogen and oxygen atoms in total. The van der Waals surface area contributed by atoms with Crippen molar-refractivity contribution < 1.29 is 9.15 Å². The molecule has 0 radical (unpaired) electrons. The van der Waals surface area contributed by atoms with Crippen molar-refractivity contribution >= 4 is 5.96 Å². The van der Waals surface area contributed by atoms with Gasteiger partial charge in [0.15, 0.2) is 11.8 Å². The first-order valence-corrected chi connectivity index (χ1v) is 10.8. The summed E-state index contributed by atoms with van der Waals surface area (Å²) in [4.78, 5) is 9.53. The van der Waals surface area contributed by atoms with E-state index in [4.69, 9.17) is 14.1 Å². The Balaban J connectivity index is 1.36. The zero-order valence-corrected chi connectivity index (χ0v) is 17.4. The van der Waals surface area contributed by atoms with Crippen LogP contribution < -0.4 is 10.6 Å². The van der Waals surface area contributed by atoms with Crippen molar-refractivity contribution in [3.05, 3.63) is 35.8 Å². The van der Waals surface area contributed by atoms with Crippen LogP contribution in [0.15, 0.2) is 27.8 Å². The summed E-state index contributed by atoms with van der Waals surface area (Å²) in [6, 6.07) is 4.21. The molecule has 4 heterocycles. The molecule has 0 aromatic carbocycles. The van der Waals surface area contributed by atoms with Crippen LogP contribution in [0.3, 0.4) is 0 Å². The molecule has 2 aliphatic heterocycles. The standard InChI is InChI=1S/C21H32N6O2/c1-15(2)20-25-19-6-5-17(13-27(19)26-20)24-21(23-12-16-8-11-28-14-16)22-9-7-18-4-3-10-29-18/h3-4,10,15-17H,5-9,11-14H2,1-2H3,(H2,22,23,24).